The lowest BCUT2D eigenvalue weighted by atomic mass is 9.83. The lowest BCUT2D eigenvalue weighted by Gasteiger charge is -2.35. The number of H-pyrrole nitrogens is 1. The van der Waals surface area contributed by atoms with Crippen molar-refractivity contribution in [3.63, 3.8) is 0 Å². The second-order valence-electron chi connectivity index (χ2n) is 9.81. The zero-order valence-corrected chi connectivity index (χ0v) is 18.0. The lowest BCUT2D eigenvalue weighted by molar-refractivity contribution is -0.0592. The summed E-state index contributed by atoms with van der Waals surface area (Å²) in [7, 11) is 0. The largest absolute Gasteiger partial charge is 0.477 e. The van der Waals surface area contributed by atoms with Gasteiger partial charge >= 0.3 is 11.7 Å². The van der Waals surface area contributed by atoms with Crippen LogP contribution in [0.2, 0.25) is 0 Å². The minimum absolute atomic E-state index is 0.0212. The fourth-order valence-corrected chi connectivity index (χ4v) is 6.08. The molecule has 2 aromatic heterocycles. The third kappa shape index (κ3) is 2.67. The first kappa shape index (κ1) is 19.8. The van der Waals surface area contributed by atoms with Crippen LogP contribution in [0.5, 0.6) is 0 Å². The first-order chi connectivity index (χ1) is 15.3. The van der Waals surface area contributed by atoms with Gasteiger partial charge in [0.05, 0.1) is 18.8 Å². The summed E-state index contributed by atoms with van der Waals surface area (Å²) in [5, 5.41) is 14.9. The van der Waals surface area contributed by atoms with Gasteiger partial charge in [0.2, 0.25) is 0 Å². The van der Waals surface area contributed by atoms with E-state index in [-0.39, 0.29) is 23.1 Å². The van der Waals surface area contributed by atoms with Crippen LogP contribution < -0.4 is 5.76 Å². The Morgan fingerprint density at radius 1 is 1.25 bits per heavy atom. The quantitative estimate of drug-likeness (QED) is 0.641. The van der Waals surface area contributed by atoms with E-state index in [4.69, 9.17) is 14.0 Å². The highest BCUT2D eigenvalue weighted by Gasteiger charge is 2.72. The van der Waals surface area contributed by atoms with Gasteiger partial charge in [-0.1, -0.05) is 11.2 Å². The molecule has 1 saturated carbocycles. The summed E-state index contributed by atoms with van der Waals surface area (Å²) in [6.07, 6.45) is 1.85. The number of aromatic carboxylic acids is 1. The van der Waals surface area contributed by atoms with E-state index in [0.29, 0.717) is 31.6 Å². The first-order valence-corrected chi connectivity index (χ1v) is 11.0. The van der Waals surface area contributed by atoms with Crippen molar-refractivity contribution in [1.82, 2.24) is 14.7 Å². The normalized spacial score (nSPS) is 31.0. The number of hydrogen-bond donors (Lipinski definition) is 2. The molecule has 9 nitrogen and oxygen atoms in total. The van der Waals surface area contributed by atoms with Crippen molar-refractivity contribution in [3.05, 3.63) is 51.9 Å². The van der Waals surface area contributed by atoms with E-state index in [2.05, 4.69) is 36.1 Å². The minimum Gasteiger partial charge on any atom is -0.477 e. The summed E-state index contributed by atoms with van der Waals surface area (Å²) >= 11 is 0. The van der Waals surface area contributed by atoms with E-state index in [9.17, 15) is 14.7 Å². The molecule has 0 bridgehead atoms. The molecular weight excluding hydrogens is 414 g/mol. The van der Waals surface area contributed by atoms with Crippen LogP contribution in [0.15, 0.2) is 33.6 Å². The maximum Gasteiger partial charge on any atom is 0.438 e. The van der Waals surface area contributed by atoms with Gasteiger partial charge in [0.25, 0.3) is 0 Å². The number of nitrogens with one attached hydrogen (secondary N) is 1. The molecule has 6 rings (SSSR count). The SMILES string of the molecule is CC1(C)C[C@@H](c2ccc3c(c2)cc(C(=O)O)n3C2(c3noc(=O)[nH]3)C3COCC32)CCO1. The number of benzene rings is 1. The molecule has 0 spiro atoms. The Kier molecular flexibility index (Phi) is 4.04. The van der Waals surface area contributed by atoms with Gasteiger partial charge in [-0.2, -0.15) is 0 Å². The first-order valence-electron chi connectivity index (χ1n) is 11.0. The molecule has 168 valence electrons. The van der Waals surface area contributed by atoms with Crippen LogP contribution in [0.4, 0.5) is 0 Å². The number of nitrogens with zero attached hydrogens (tertiary/aromatic N) is 2. The summed E-state index contributed by atoms with van der Waals surface area (Å²) < 4.78 is 18.1. The van der Waals surface area contributed by atoms with Crippen LogP contribution in [-0.4, -0.2) is 51.2 Å². The van der Waals surface area contributed by atoms with Crippen LogP contribution in [0.25, 0.3) is 10.9 Å². The van der Waals surface area contributed by atoms with Crippen molar-refractivity contribution >= 4 is 16.9 Å². The van der Waals surface area contributed by atoms with Gasteiger partial charge in [-0.25, -0.2) is 9.59 Å². The average Bonchev–Trinajstić information content (AvgIpc) is 3.24. The molecule has 1 aliphatic carbocycles. The molecule has 4 heterocycles. The minimum atomic E-state index is -1.02. The van der Waals surface area contributed by atoms with Gasteiger partial charge in [0.15, 0.2) is 5.82 Å². The Hall–Kier alpha value is -2.91. The van der Waals surface area contributed by atoms with Crippen LogP contribution in [-0.2, 0) is 15.0 Å². The molecule has 3 aromatic rings. The number of carbonyl (C=O) groups is 1. The number of rotatable bonds is 4. The number of ether oxygens (including phenoxy) is 2. The molecule has 3 atom stereocenters. The zero-order valence-electron chi connectivity index (χ0n) is 18.0. The Bertz CT molecular complexity index is 1270. The average molecular weight is 439 g/mol. The number of fused-ring (bicyclic) bond motifs is 2. The molecule has 2 N–H and O–H groups in total. The molecule has 3 aliphatic rings. The smallest absolute Gasteiger partial charge is 0.438 e. The molecule has 3 fully saturated rings. The molecule has 1 aromatic carbocycles. The second kappa shape index (κ2) is 6.55. The second-order valence-corrected chi connectivity index (χ2v) is 9.81. The fourth-order valence-electron chi connectivity index (χ4n) is 6.08. The summed E-state index contributed by atoms with van der Waals surface area (Å²) in [5.74, 6) is -0.916. The van der Waals surface area contributed by atoms with Gasteiger partial charge in [-0.05, 0) is 56.4 Å². The van der Waals surface area contributed by atoms with Crippen molar-refractivity contribution in [2.24, 2.45) is 11.8 Å². The van der Waals surface area contributed by atoms with Crippen molar-refractivity contribution in [3.8, 4) is 0 Å². The monoisotopic (exact) mass is 439 g/mol. The van der Waals surface area contributed by atoms with Gasteiger partial charge in [-0.15, -0.1) is 0 Å². The molecule has 9 heteroatoms. The van der Waals surface area contributed by atoms with Crippen molar-refractivity contribution in [2.75, 3.05) is 19.8 Å². The van der Waals surface area contributed by atoms with E-state index in [0.717, 1.165) is 23.7 Å². The summed E-state index contributed by atoms with van der Waals surface area (Å²) in [6, 6.07) is 7.90. The Morgan fingerprint density at radius 3 is 2.69 bits per heavy atom. The van der Waals surface area contributed by atoms with Crippen LogP contribution >= 0.6 is 0 Å². The Balaban J connectivity index is 1.52. The number of aromatic amines is 1. The maximum atomic E-state index is 12.3. The molecule has 2 saturated heterocycles. The van der Waals surface area contributed by atoms with E-state index < -0.39 is 17.3 Å². The van der Waals surface area contributed by atoms with Crippen molar-refractivity contribution in [1.29, 1.82) is 0 Å². The van der Waals surface area contributed by atoms with Gasteiger partial charge in [-0.3, -0.25) is 9.51 Å². The highest BCUT2D eigenvalue weighted by atomic mass is 16.5. The van der Waals surface area contributed by atoms with E-state index in [1.54, 1.807) is 6.07 Å². The molecule has 2 unspecified atom stereocenters. The summed E-state index contributed by atoms with van der Waals surface area (Å²) in [5.41, 5.74) is 1.19. The standard InChI is InChI=1S/C23H25N3O6/c1-22(2)9-13(5-6-31-22)12-3-4-17-14(7-12)8-18(19(27)28)26(17)23(15-10-30-11-16(15)23)20-24-21(29)32-25-20/h3-4,7-8,13,15-16H,5-6,9-11H2,1-2H3,(H,27,28)(H,24,25,29)/t13-,15?,16?,23?/m0/s1. The van der Waals surface area contributed by atoms with E-state index in [1.807, 2.05) is 10.6 Å². The van der Waals surface area contributed by atoms with Gasteiger partial charge in [0, 0.05) is 29.3 Å². The van der Waals surface area contributed by atoms with Gasteiger partial charge < -0.3 is 19.1 Å². The summed E-state index contributed by atoms with van der Waals surface area (Å²) in [6.45, 7) is 5.88. The number of carboxylic acids is 1. The zero-order chi connectivity index (χ0) is 22.3. The topological polar surface area (TPSA) is 120 Å². The molecule has 0 radical (unpaired) electrons. The third-order valence-corrected chi connectivity index (χ3v) is 7.50. The number of hydrogen-bond acceptors (Lipinski definition) is 6. The highest BCUT2D eigenvalue weighted by Crippen LogP contribution is 2.64. The highest BCUT2D eigenvalue weighted by molar-refractivity contribution is 5.95. The predicted molar refractivity (Wildman–Crippen MR) is 113 cm³/mol. The molecule has 32 heavy (non-hydrogen) atoms. The molecule has 2 aliphatic heterocycles. The molecule has 0 amide bonds. The Morgan fingerprint density at radius 2 is 2.03 bits per heavy atom. The Labute approximate surface area is 183 Å². The fraction of sp³-hybridized carbons (Fsp3) is 0.522. The number of carboxylic acid groups (broad SMARTS) is 1. The lowest BCUT2D eigenvalue weighted by Crippen LogP contribution is -2.33. The van der Waals surface area contributed by atoms with Crippen molar-refractivity contribution in [2.45, 2.75) is 43.7 Å². The summed E-state index contributed by atoms with van der Waals surface area (Å²) in [4.78, 5) is 26.7. The van der Waals surface area contributed by atoms with E-state index >= 15 is 0 Å². The van der Waals surface area contributed by atoms with Gasteiger partial charge in [0.1, 0.15) is 11.2 Å². The number of aromatic nitrogens is 3. The van der Waals surface area contributed by atoms with Crippen LogP contribution in [0, 0.1) is 11.8 Å². The molecular formula is C23H25N3O6. The van der Waals surface area contributed by atoms with Crippen LogP contribution in [0.3, 0.4) is 0 Å². The van der Waals surface area contributed by atoms with E-state index in [1.165, 1.54) is 5.56 Å². The predicted octanol–water partition coefficient (Wildman–Crippen LogP) is 2.71. The maximum absolute atomic E-state index is 12.3. The van der Waals surface area contributed by atoms with Crippen LogP contribution in [0.1, 0.15) is 54.5 Å². The van der Waals surface area contributed by atoms with Crippen molar-refractivity contribution < 1.29 is 23.9 Å². The third-order valence-electron chi connectivity index (χ3n) is 7.50.